The van der Waals surface area contributed by atoms with Gasteiger partial charge in [-0.2, -0.15) is 0 Å². The Morgan fingerprint density at radius 2 is 0.942 bits per heavy atom. The number of likely N-dealkylation sites (tertiary alicyclic amines) is 1. The first kappa shape index (κ1) is 98.3. The quantitative estimate of drug-likeness (QED) is 0.0383. The van der Waals surface area contributed by atoms with Crippen molar-refractivity contribution in [3.05, 3.63) is 70.6 Å². The zero-order valence-electron chi connectivity index (χ0n) is 53.5. The first-order chi connectivity index (χ1) is 37.2. The van der Waals surface area contributed by atoms with Crippen LogP contribution >= 0.6 is 27.2 Å². The molecule has 0 aliphatic carbocycles. The van der Waals surface area contributed by atoms with Gasteiger partial charge in [-0.1, -0.05) is 19.0 Å². The molecule has 21 nitrogen and oxygen atoms in total. The van der Waals surface area contributed by atoms with Crippen LogP contribution in [-0.2, 0) is 19.2 Å². The van der Waals surface area contributed by atoms with Crippen molar-refractivity contribution < 1.29 is 78.7 Å². The number of halogens is 13. The van der Waals surface area contributed by atoms with Crippen LogP contribution in [0, 0.1) is 31.6 Å². The van der Waals surface area contributed by atoms with E-state index in [1.54, 1.807) is 40.6 Å². The Kier molecular flexibility index (Phi) is 49.1. The number of amides is 2. The van der Waals surface area contributed by atoms with E-state index in [0.717, 1.165) is 33.9 Å². The fourth-order valence-corrected chi connectivity index (χ4v) is 3.04. The summed E-state index contributed by atoms with van der Waals surface area (Å²) in [7, 11) is 10.6. The molecular weight excluding hydrogens is 1230 g/mol. The fraction of sp³-hybridized carbons (Fsp3) is 0.560. The number of guanidine groups is 2. The molecule has 1 aliphatic rings. The summed E-state index contributed by atoms with van der Waals surface area (Å²) in [6.45, 7) is 14.5. The summed E-state index contributed by atoms with van der Waals surface area (Å²) in [5.41, 5.74) is 14.3. The van der Waals surface area contributed by atoms with E-state index in [9.17, 15) is 69.5 Å². The number of imide groups is 1. The number of rotatable bonds is 7. The second kappa shape index (κ2) is 43.0. The number of aryl methyl sites for hydroxylation is 3. The van der Waals surface area contributed by atoms with Crippen LogP contribution in [0.5, 0.6) is 0 Å². The molecule has 6 N–H and O–H groups in total. The molecular formula is C50H98ClF12N17O4P2. The van der Waals surface area contributed by atoms with Crippen LogP contribution in [0.15, 0.2) is 53.6 Å². The number of carbonyl (C=O) groups is 4. The number of hydrogen-bond acceptors (Lipinski definition) is 14. The topological polar surface area (TPSA) is 248 Å². The monoisotopic (exact) mass is 1330 g/mol. The van der Waals surface area contributed by atoms with Crippen molar-refractivity contribution in [2.24, 2.45) is 11.5 Å². The van der Waals surface area contributed by atoms with Crippen LogP contribution in [0.3, 0.4) is 0 Å². The summed E-state index contributed by atoms with van der Waals surface area (Å²) in [5, 5.41) is 14.1. The van der Waals surface area contributed by atoms with Gasteiger partial charge in [-0.05, 0) is 73.1 Å². The molecule has 0 aromatic carbocycles. The number of anilines is 2. The summed E-state index contributed by atoms with van der Waals surface area (Å²) in [5.74, 6) is 1.85. The molecule has 0 radical (unpaired) electrons. The number of carbonyl (C=O) groups excluding carboxylic acids is 4. The standard InChI is InChI=1S/C8H13N3.C8H17N2.C7H11N3.C6H11ClN.C6H11NO.C5H7NO2.2C3H9N3.C3H6O.CH4.2F6P/c1-6-5-9-8(11(3)4)10-7(6)2;1-8(10(4)5)6-7-9(2)3;1-6-4-5-8-7(9-6)10(2)3;1-6(7)4-5-8(2)3;1-6(8)4-5-7(2)3;1-6-4(7)2-3-5(6)8;2*1-6(2)3(4)5;1-3(2)4;;2*1-7(2,3,4,5)6/h5H,1-4H3;6-7H,1-5H3;4-5H,1-3H3;2*4-5H,1-3H3;2-3H2,1H3;2*1-2H3,(H3,4,5);1-2H3;1H4;;/q;+1;;+1;;;;;;;2*-1/b;;;6-4-;5-4+;;;;;;;. The number of nitrogens with two attached hydrogens (primary N) is 2. The molecule has 2 aromatic heterocycles. The minimum absolute atomic E-state index is 0. The van der Waals surface area contributed by atoms with Crippen LogP contribution < -0.4 is 21.3 Å². The average Bonchev–Trinajstić information content (AvgIpc) is 3.57. The third kappa shape index (κ3) is 109. The number of Topliss-reactive ketones (excluding diaryl/α,β-unsaturated/α-hetero) is 1. The van der Waals surface area contributed by atoms with E-state index in [0.29, 0.717) is 12.8 Å². The SMILES string of the molecule is C.C/C(=C/C=[N+](C)C)N(C)C.C/C(Cl)=C/C=[N+](C)C.CC(=O)/C=C/N(C)C.CC(C)=O.CN(C)C(=N)N.CN(C)C(=N)N.CN1C(=O)CCC1=O.Cc1ccnc(N(C)C)n1.Cc1cnc(N(C)C)nc1C.F[P-](F)(F)(F)(F)F.F[P-](F)(F)(F)(F)F. The molecule has 0 spiro atoms. The first-order valence-corrected chi connectivity index (χ1v) is 28.6. The van der Waals surface area contributed by atoms with Gasteiger partial charge in [0.05, 0.1) is 0 Å². The summed E-state index contributed by atoms with van der Waals surface area (Å²) in [6, 6.07) is 1.88. The predicted molar refractivity (Wildman–Crippen MR) is 332 cm³/mol. The molecule has 2 amide bonds. The maximum atomic E-state index is 10.5. The summed E-state index contributed by atoms with van der Waals surface area (Å²) < 4.78 is 122. The predicted octanol–water partition coefficient (Wildman–Crippen LogP) is 11.6. The first-order valence-electron chi connectivity index (χ1n) is 24.1. The van der Waals surface area contributed by atoms with E-state index in [1.807, 2.05) is 167 Å². The second-order valence-corrected chi connectivity index (χ2v) is 23.5. The van der Waals surface area contributed by atoms with Gasteiger partial charge < -0.3 is 45.7 Å². The van der Waals surface area contributed by atoms with Crippen LogP contribution in [0.25, 0.3) is 0 Å². The normalized spacial score (nSPS) is 12.7. The molecule has 0 saturated carbocycles. The molecule has 1 saturated heterocycles. The Morgan fingerprint density at radius 1 is 0.628 bits per heavy atom. The summed E-state index contributed by atoms with van der Waals surface area (Å²) >= 11 is 5.53. The van der Waals surface area contributed by atoms with Crippen LogP contribution in [-0.4, -0.2) is 221 Å². The molecule has 0 bridgehead atoms. The molecule has 1 fully saturated rings. The number of aromatic nitrogens is 4. The van der Waals surface area contributed by atoms with Gasteiger partial charge in [-0.25, -0.2) is 29.1 Å². The van der Waals surface area contributed by atoms with Crippen molar-refractivity contribution in [3.63, 3.8) is 0 Å². The number of hydrogen-bond donors (Lipinski definition) is 4. The van der Waals surface area contributed by atoms with Gasteiger partial charge >= 0.3 is 66.0 Å². The Balaban J connectivity index is -0.000000109. The summed E-state index contributed by atoms with van der Waals surface area (Å²) in [4.78, 5) is 69.2. The molecule has 0 atom stereocenters. The van der Waals surface area contributed by atoms with Gasteiger partial charge in [0.15, 0.2) is 30.1 Å². The van der Waals surface area contributed by atoms with Gasteiger partial charge in [-0.15, -0.1) is 0 Å². The van der Waals surface area contributed by atoms with Crippen molar-refractivity contribution in [1.29, 1.82) is 10.8 Å². The van der Waals surface area contributed by atoms with Crippen molar-refractivity contribution in [1.82, 2.24) is 44.4 Å². The van der Waals surface area contributed by atoms with Crippen molar-refractivity contribution in [2.45, 2.75) is 75.7 Å². The number of nitrogens with one attached hydrogen (secondary N) is 2. The van der Waals surface area contributed by atoms with E-state index < -0.39 is 15.6 Å². The van der Waals surface area contributed by atoms with Gasteiger partial charge in [0.2, 0.25) is 23.7 Å². The van der Waals surface area contributed by atoms with Crippen LogP contribution in [0.2, 0.25) is 0 Å². The molecule has 3 heterocycles. The van der Waals surface area contributed by atoms with Crippen molar-refractivity contribution >= 4 is 86.8 Å². The Morgan fingerprint density at radius 3 is 1.12 bits per heavy atom. The molecule has 86 heavy (non-hydrogen) atoms. The van der Waals surface area contributed by atoms with E-state index in [1.165, 1.54) is 54.3 Å². The molecule has 3 rings (SSSR count). The van der Waals surface area contributed by atoms with E-state index in [-0.39, 0.29) is 42.7 Å². The zero-order chi connectivity index (χ0) is 70.1. The second-order valence-electron chi connectivity index (χ2n) is 19.0. The Labute approximate surface area is 506 Å². The van der Waals surface area contributed by atoms with E-state index in [4.69, 9.17) is 33.9 Å². The van der Waals surface area contributed by atoms with E-state index in [2.05, 4.69) is 37.8 Å². The number of ketones is 2. The molecule has 508 valence electrons. The minimum atomic E-state index is -10.7. The number of allylic oxidation sites excluding steroid dienone is 5. The number of nitrogens with zero attached hydrogens (tertiary/aromatic N) is 13. The molecule has 2 aromatic rings. The molecule has 1 aliphatic heterocycles. The zero-order valence-corrected chi connectivity index (χ0v) is 56.1. The van der Waals surface area contributed by atoms with Gasteiger partial charge in [0.1, 0.15) is 34.0 Å². The maximum absolute atomic E-state index is 10.7. The van der Waals surface area contributed by atoms with E-state index >= 15 is 0 Å². The third-order valence-electron chi connectivity index (χ3n) is 7.59. The fourth-order valence-electron chi connectivity index (χ4n) is 2.98. The van der Waals surface area contributed by atoms with Crippen molar-refractivity contribution in [2.75, 3.05) is 130 Å². The van der Waals surface area contributed by atoms with Gasteiger partial charge in [0.25, 0.3) is 0 Å². The Hall–Kier alpha value is -6.75. The molecule has 36 heteroatoms. The van der Waals surface area contributed by atoms with Gasteiger partial charge in [0, 0.05) is 157 Å². The van der Waals surface area contributed by atoms with Crippen LogP contribution in [0.1, 0.15) is 71.8 Å². The average molecular weight is 1330 g/mol. The van der Waals surface area contributed by atoms with Crippen molar-refractivity contribution in [3.8, 4) is 0 Å². The van der Waals surface area contributed by atoms with Gasteiger partial charge in [-0.3, -0.25) is 30.1 Å². The Bertz CT molecular complexity index is 2400. The third-order valence-corrected chi connectivity index (χ3v) is 7.71. The molecule has 0 unspecified atom stereocenters. The van der Waals surface area contributed by atoms with Crippen LogP contribution in [0.4, 0.5) is 62.3 Å². The summed E-state index contributed by atoms with van der Waals surface area (Å²) in [6.07, 6.45) is 15.5.